The number of hydrogen-bond donors (Lipinski definition) is 2. The monoisotopic (exact) mass is 406 g/mol. The van der Waals surface area contributed by atoms with Crippen LogP contribution in [0, 0.1) is 0 Å². The lowest BCUT2D eigenvalue weighted by Crippen LogP contribution is -2.46. The normalized spacial score (nSPS) is 15.3. The first kappa shape index (κ1) is 22.5. The van der Waals surface area contributed by atoms with E-state index in [1.807, 2.05) is 0 Å². The van der Waals surface area contributed by atoms with Crippen molar-refractivity contribution in [2.45, 2.75) is 4.21 Å². The number of piperazine rings is 1. The molecule has 2 rings (SSSR count). The summed E-state index contributed by atoms with van der Waals surface area (Å²) in [6, 6.07) is 0. The number of carbonyl (C=O) groups is 1. The molecule has 0 unspecified atom stereocenters. The number of methoxy groups -OCH3 is 1. The van der Waals surface area contributed by atoms with Gasteiger partial charge in [0.05, 0.1) is 12.6 Å². The van der Waals surface area contributed by atoms with Crippen molar-refractivity contribution in [3.05, 3.63) is 11.2 Å². The van der Waals surface area contributed by atoms with Crippen LogP contribution < -0.4 is 10.0 Å². The Morgan fingerprint density at radius 2 is 2.09 bits per heavy atom. The molecule has 2 N–H and O–H groups in total. The molecule has 0 atom stereocenters. The summed E-state index contributed by atoms with van der Waals surface area (Å²) < 4.78 is 31.3. The van der Waals surface area contributed by atoms with Gasteiger partial charge in [-0.15, -0.1) is 36.2 Å². The lowest BCUT2D eigenvalue weighted by atomic mass is 10.3. The van der Waals surface area contributed by atoms with Gasteiger partial charge in [0, 0.05) is 39.3 Å². The number of esters is 1. The zero-order chi connectivity index (χ0) is 15.3. The summed E-state index contributed by atoms with van der Waals surface area (Å²) >= 11 is 0.900. The van der Waals surface area contributed by atoms with Gasteiger partial charge in [-0.25, -0.2) is 22.9 Å². The molecule has 0 spiro atoms. The maximum atomic E-state index is 12.2. The summed E-state index contributed by atoms with van der Waals surface area (Å²) in [4.78, 5) is 17.4. The molecule has 1 aliphatic heterocycles. The number of ether oxygens (including phenoxy) is 1. The average Bonchev–Trinajstić information content (AvgIpc) is 2.98. The number of hydrogen-bond acceptors (Lipinski definition) is 8. The van der Waals surface area contributed by atoms with E-state index < -0.39 is 16.0 Å². The Morgan fingerprint density at radius 1 is 1.43 bits per heavy atom. The minimum absolute atomic E-state index is 0. The Bertz CT molecular complexity index is 591. The molecule has 0 aromatic carbocycles. The zero-order valence-electron chi connectivity index (χ0n) is 12.5. The summed E-state index contributed by atoms with van der Waals surface area (Å²) in [5.74, 6) is -0.751. The van der Waals surface area contributed by atoms with Gasteiger partial charge in [-0.3, -0.25) is 4.90 Å². The predicted molar refractivity (Wildman–Crippen MR) is 92.4 cm³/mol. The summed E-state index contributed by atoms with van der Waals surface area (Å²) in [6.45, 7) is 4.54. The van der Waals surface area contributed by atoms with Crippen molar-refractivity contribution in [3.8, 4) is 0 Å². The van der Waals surface area contributed by atoms with Gasteiger partial charge in [0.1, 0.15) is 0 Å². The molecule has 1 fully saturated rings. The Kier molecular flexibility index (Phi) is 10.2. The van der Waals surface area contributed by atoms with Crippen LogP contribution >= 0.6 is 36.2 Å². The van der Waals surface area contributed by atoms with E-state index in [4.69, 9.17) is 0 Å². The first-order valence-corrected chi connectivity index (χ1v) is 8.85. The lowest BCUT2D eigenvalue weighted by molar-refractivity contribution is 0.0590. The number of aromatic nitrogens is 1. The largest absolute Gasteiger partial charge is 0.464 e. The summed E-state index contributed by atoms with van der Waals surface area (Å²) in [7, 11) is -2.55. The fourth-order valence-corrected chi connectivity index (χ4v) is 4.19. The van der Waals surface area contributed by atoms with Crippen molar-refractivity contribution in [3.63, 3.8) is 0 Å². The van der Waals surface area contributed by atoms with E-state index >= 15 is 0 Å². The quantitative estimate of drug-likeness (QED) is 0.638. The molecule has 1 aliphatic rings. The maximum absolute atomic E-state index is 12.2. The van der Waals surface area contributed by atoms with Crippen molar-refractivity contribution >= 4 is 52.1 Å². The van der Waals surface area contributed by atoms with Crippen LogP contribution in [0.2, 0.25) is 0 Å². The number of sulfonamides is 1. The second kappa shape index (κ2) is 10.4. The van der Waals surface area contributed by atoms with E-state index in [1.165, 1.54) is 12.6 Å². The van der Waals surface area contributed by atoms with Gasteiger partial charge >= 0.3 is 5.97 Å². The van der Waals surface area contributed by atoms with Crippen molar-refractivity contribution in [2.75, 3.05) is 46.4 Å². The minimum Gasteiger partial charge on any atom is -0.464 e. The minimum atomic E-state index is -3.74. The second-order valence-corrected chi connectivity index (χ2v) is 7.29. The van der Waals surface area contributed by atoms with Gasteiger partial charge < -0.3 is 10.1 Å². The molecule has 23 heavy (non-hydrogen) atoms. The van der Waals surface area contributed by atoms with Crippen molar-refractivity contribution in [1.29, 1.82) is 0 Å². The number of nitrogens with one attached hydrogen (secondary N) is 2. The Balaban J connectivity index is 0.00000242. The van der Waals surface area contributed by atoms with Crippen molar-refractivity contribution < 1.29 is 17.9 Å². The molecule has 2 heterocycles. The van der Waals surface area contributed by atoms with Gasteiger partial charge in [0.2, 0.25) is 0 Å². The van der Waals surface area contributed by atoms with E-state index in [0.717, 1.165) is 37.5 Å². The number of nitrogens with zero attached hydrogens (tertiary/aromatic N) is 2. The third kappa shape index (κ3) is 6.14. The zero-order valence-corrected chi connectivity index (χ0v) is 15.7. The summed E-state index contributed by atoms with van der Waals surface area (Å²) in [5.41, 5.74) is 1.15. The molecule has 0 bridgehead atoms. The fraction of sp³-hybridized carbons (Fsp3) is 0.636. The average molecular weight is 407 g/mol. The predicted octanol–water partition coefficient (Wildman–Crippen LogP) is -0.0432. The lowest BCUT2D eigenvalue weighted by Gasteiger charge is -2.26. The van der Waals surface area contributed by atoms with Gasteiger partial charge in [0.25, 0.3) is 10.0 Å². The van der Waals surface area contributed by atoms with Gasteiger partial charge in [0.15, 0.2) is 9.90 Å². The molecule has 0 amide bonds. The molecule has 1 saturated heterocycles. The number of carbonyl (C=O) groups excluding carboxylic acids is 1. The van der Waals surface area contributed by atoms with Gasteiger partial charge in [-0.05, 0) is 0 Å². The van der Waals surface area contributed by atoms with Crippen LogP contribution in [0.25, 0.3) is 0 Å². The molecule has 134 valence electrons. The Labute approximate surface area is 151 Å². The summed E-state index contributed by atoms with van der Waals surface area (Å²) in [5, 5.41) is 3.23. The molecule has 1 aromatic heterocycles. The first-order valence-electron chi connectivity index (χ1n) is 6.49. The second-order valence-electron chi connectivity index (χ2n) is 4.47. The molecule has 8 nitrogen and oxygen atoms in total. The van der Waals surface area contributed by atoms with E-state index in [1.54, 1.807) is 0 Å². The Morgan fingerprint density at radius 3 is 2.70 bits per heavy atom. The van der Waals surface area contributed by atoms with Crippen molar-refractivity contribution in [1.82, 2.24) is 19.9 Å². The van der Waals surface area contributed by atoms with E-state index in [2.05, 4.69) is 24.7 Å². The number of rotatable bonds is 6. The van der Waals surface area contributed by atoms with Crippen LogP contribution in [0.1, 0.15) is 10.5 Å². The first-order chi connectivity index (χ1) is 10.0. The van der Waals surface area contributed by atoms with Crippen molar-refractivity contribution in [2.24, 2.45) is 0 Å². The Hall–Kier alpha value is -0.490. The fourth-order valence-electron chi connectivity index (χ4n) is 2.00. The third-order valence-electron chi connectivity index (χ3n) is 3.09. The van der Waals surface area contributed by atoms with Gasteiger partial charge in [-0.1, -0.05) is 0 Å². The number of thiazole rings is 1. The smallest absolute Gasteiger partial charge is 0.358 e. The number of halogens is 2. The highest BCUT2D eigenvalue weighted by atomic mass is 35.5. The van der Waals surface area contributed by atoms with Gasteiger partial charge in [-0.2, -0.15) is 0 Å². The highest BCUT2D eigenvalue weighted by Gasteiger charge is 2.26. The topological polar surface area (TPSA) is 101 Å². The van der Waals surface area contributed by atoms with Crippen LogP contribution in [-0.2, 0) is 14.8 Å². The van der Waals surface area contributed by atoms with E-state index in [-0.39, 0.29) is 34.7 Å². The van der Waals surface area contributed by atoms with Crippen LogP contribution in [0.15, 0.2) is 9.72 Å². The summed E-state index contributed by atoms with van der Waals surface area (Å²) in [6.07, 6.45) is 0. The molecule has 0 aliphatic carbocycles. The van der Waals surface area contributed by atoms with Crippen LogP contribution in [-0.4, -0.2) is 70.6 Å². The standard InChI is InChI=1S/C11H18N4O4S2.2ClH/c1-19-10(16)9-11(20-8-13-9)21(17,18)14-4-7-15-5-2-12-3-6-15;;/h8,12,14H,2-7H2,1H3;2*1H. The van der Waals surface area contributed by atoms with Crippen LogP contribution in [0.4, 0.5) is 0 Å². The molecule has 1 aromatic rings. The maximum Gasteiger partial charge on any atom is 0.358 e. The SMILES string of the molecule is COC(=O)c1ncsc1S(=O)(=O)NCCN1CCNCC1.Cl.Cl. The molecular weight excluding hydrogens is 387 g/mol. The third-order valence-corrected chi connectivity index (χ3v) is 5.92. The van der Waals surface area contributed by atoms with E-state index in [0.29, 0.717) is 13.1 Å². The van der Waals surface area contributed by atoms with E-state index in [9.17, 15) is 13.2 Å². The van der Waals surface area contributed by atoms with Crippen LogP contribution in [0.3, 0.4) is 0 Å². The molecule has 0 radical (unpaired) electrons. The molecule has 12 heteroatoms. The van der Waals surface area contributed by atoms with Crippen LogP contribution in [0.5, 0.6) is 0 Å². The highest BCUT2D eigenvalue weighted by Crippen LogP contribution is 2.20. The molecular formula is C11H20Cl2N4O4S2. The highest BCUT2D eigenvalue weighted by molar-refractivity contribution is 7.91. The molecule has 0 saturated carbocycles.